The van der Waals surface area contributed by atoms with E-state index in [-0.39, 0.29) is 37.5 Å². The standard InChI is InChI=1S/C24H31F3N6O3/c1-23(2,3)20(33-13-18(30-31-33)14-4-5-14)22(36)32-12-17(34)11-19(32)21(35)29-9-7-16-10-15(6-8-28-16)24(25,26)27/h6,8,10,13-14,17,19-20,34H,4-5,7,9,11-12H2,1-3H3,(H,29,35)/t17?,19?,20-/m1/s1. The molecule has 0 bridgehead atoms. The molecule has 2 fully saturated rings. The van der Waals surface area contributed by atoms with Crippen molar-refractivity contribution in [2.75, 3.05) is 13.1 Å². The summed E-state index contributed by atoms with van der Waals surface area (Å²) in [6.45, 7) is 5.74. The number of β-amino-alcohol motifs (C(OH)–C–C–N with tert-alkyl or cyclic N) is 1. The number of aliphatic hydroxyl groups excluding tert-OH is 1. The van der Waals surface area contributed by atoms with Crippen LogP contribution in [0.15, 0.2) is 24.5 Å². The maximum atomic E-state index is 13.7. The Kier molecular flexibility index (Phi) is 7.09. The van der Waals surface area contributed by atoms with Gasteiger partial charge in [0.05, 0.1) is 17.4 Å². The van der Waals surface area contributed by atoms with E-state index in [0.717, 1.165) is 36.9 Å². The van der Waals surface area contributed by atoms with Gasteiger partial charge in [-0.2, -0.15) is 13.2 Å². The van der Waals surface area contributed by atoms with E-state index in [0.29, 0.717) is 5.92 Å². The lowest BCUT2D eigenvalue weighted by Crippen LogP contribution is -2.50. The van der Waals surface area contributed by atoms with Crippen LogP contribution in [-0.4, -0.2) is 67.0 Å². The number of likely N-dealkylation sites (tertiary alicyclic amines) is 1. The Bertz CT molecular complexity index is 1110. The average Bonchev–Trinajstić information content (AvgIpc) is 3.39. The molecule has 9 nitrogen and oxygen atoms in total. The number of halogens is 3. The summed E-state index contributed by atoms with van der Waals surface area (Å²) in [7, 11) is 0. The van der Waals surface area contributed by atoms with Crippen molar-refractivity contribution in [3.63, 3.8) is 0 Å². The Morgan fingerprint density at radius 1 is 1.25 bits per heavy atom. The molecule has 2 aliphatic rings. The fourth-order valence-corrected chi connectivity index (χ4v) is 4.55. The summed E-state index contributed by atoms with van der Waals surface area (Å²) in [5.74, 6) is -0.448. The van der Waals surface area contributed by atoms with E-state index in [4.69, 9.17) is 0 Å². The van der Waals surface area contributed by atoms with E-state index in [9.17, 15) is 27.9 Å². The molecule has 12 heteroatoms. The van der Waals surface area contributed by atoms with Gasteiger partial charge in [0.1, 0.15) is 12.1 Å². The number of aliphatic hydroxyl groups is 1. The molecule has 2 N–H and O–H groups in total. The van der Waals surface area contributed by atoms with Crippen molar-refractivity contribution < 1.29 is 27.9 Å². The first-order chi connectivity index (χ1) is 16.8. The van der Waals surface area contributed by atoms with Gasteiger partial charge in [-0.3, -0.25) is 14.6 Å². The summed E-state index contributed by atoms with van der Waals surface area (Å²) in [5.41, 5.74) is -0.318. The third-order valence-electron chi connectivity index (χ3n) is 6.53. The van der Waals surface area contributed by atoms with Gasteiger partial charge in [0.15, 0.2) is 0 Å². The first-order valence-electron chi connectivity index (χ1n) is 12.0. The Labute approximate surface area is 207 Å². The Morgan fingerprint density at radius 3 is 2.61 bits per heavy atom. The maximum absolute atomic E-state index is 13.7. The summed E-state index contributed by atoms with van der Waals surface area (Å²) in [4.78, 5) is 32.0. The number of rotatable bonds is 7. The molecule has 0 aromatic carbocycles. The molecule has 1 saturated carbocycles. The Hall–Kier alpha value is -3.02. The van der Waals surface area contributed by atoms with Crippen LogP contribution in [0.25, 0.3) is 0 Å². The minimum Gasteiger partial charge on any atom is -0.391 e. The van der Waals surface area contributed by atoms with Gasteiger partial charge in [-0.25, -0.2) is 4.68 Å². The van der Waals surface area contributed by atoms with Crippen molar-refractivity contribution in [1.82, 2.24) is 30.2 Å². The normalized spacial score (nSPS) is 21.5. The van der Waals surface area contributed by atoms with Gasteiger partial charge in [0.25, 0.3) is 0 Å². The van der Waals surface area contributed by atoms with Crippen LogP contribution in [0.4, 0.5) is 13.2 Å². The third-order valence-corrected chi connectivity index (χ3v) is 6.53. The number of nitrogens with zero attached hydrogens (tertiary/aromatic N) is 5. The summed E-state index contributed by atoms with van der Waals surface area (Å²) < 4.78 is 40.3. The molecular formula is C24H31F3N6O3. The van der Waals surface area contributed by atoms with Crippen LogP contribution >= 0.6 is 0 Å². The highest BCUT2D eigenvalue weighted by atomic mass is 19.4. The number of nitrogens with one attached hydrogen (secondary N) is 1. The zero-order chi connectivity index (χ0) is 26.3. The number of carbonyl (C=O) groups excluding carboxylic acids is 2. The van der Waals surface area contributed by atoms with Crippen molar-refractivity contribution in [2.45, 2.75) is 76.7 Å². The van der Waals surface area contributed by atoms with Gasteiger partial charge in [-0.15, -0.1) is 5.10 Å². The fourth-order valence-electron chi connectivity index (χ4n) is 4.55. The van der Waals surface area contributed by atoms with Crippen LogP contribution in [0.3, 0.4) is 0 Å². The molecule has 196 valence electrons. The molecular weight excluding hydrogens is 477 g/mol. The lowest BCUT2D eigenvalue weighted by atomic mass is 9.85. The average molecular weight is 509 g/mol. The predicted octanol–water partition coefficient (Wildman–Crippen LogP) is 2.48. The molecule has 2 unspecified atom stereocenters. The van der Waals surface area contributed by atoms with E-state index in [2.05, 4.69) is 20.6 Å². The molecule has 0 radical (unpaired) electrons. The number of aromatic nitrogens is 4. The fraction of sp³-hybridized carbons (Fsp3) is 0.625. The zero-order valence-electron chi connectivity index (χ0n) is 20.5. The highest BCUT2D eigenvalue weighted by Gasteiger charge is 2.45. The van der Waals surface area contributed by atoms with Crippen LogP contribution in [0, 0.1) is 5.41 Å². The Morgan fingerprint density at radius 2 is 1.97 bits per heavy atom. The molecule has 2 amide bonds. The number of alkyl halides is 3. The summed E-state index contributed by atoms with van der Waals surface area (Å²) in [6.07, 6.45) is -0.225. The number of amides is 2. The van der Waals surface area contributed by atoms with Crippen molar-refractivity contribution in [1.29, 1.82) is 0 Å². The molecule has 0 spiro atoms. The first-order valence-corrected chi connectivity index (χ1v) is 12.0. The second-order valence-electron chi connectivity index (χ2n) is 10.6. The van der Waals surface area contributed by atoms with Gasteiger partial charge < -0.3 is 15.3 Å². The van der Waals surface area contributed by atoms with Crippen LogP contribution < -0.4 is 5.32 Å². The van der Waals surface area contributed by atoms with Gasteiger partial charge in [0.2, 0.25) is 11.8 Å². The number of carbonyl (C=O) groups is 2. The third kappa shape index (κ3) is 5.85. The quantitative estimate of drug-likeness (QED) is 0.594. The van der Waals surface area contributed by atoms with Crippen molar-refractivity contribution in [2.24, 2.45) is 5.41 Å². The van der Waals surface area contributed by atoms with E-state index < -0.39 is 41.2 Å². The lowest BCUT2D eigenvalue weighted by Gasteiger charge is -2.34. The van der Waals surface area contributed by atoms with E-state index in [1.54, 1.807) is 10.9 Å². The van der Waals surface area contributed by atoms with E-state index in [1.165, 1.54) is 4.90 Å². The van der Waals surface area contributed by atoms with Gasteiger partial charge in [0, 0.05) is 49.9 Å². The Balaban J connectivity index is 1.44. The largest absolute Gasteiger partial charge is 0.416 e. The summed E-state index contributed by atoms with van der Waals surface area (Å²) in [6, 6.07) is 0.203. The second kappa shape index (κ2) is 9.79. The highest BCUT2D eigenvalue weighted by molar-refractivity contribution is 5.90. The first kappa shape index (κ1) is 26.1. The summed E-state index contributed by atoms with van der Waals surface area (Å²) in [5, 5.41) is 21.4. The molecule has 3 heterocycles. The monoisotopic (exact) mass is 508 g/mol. The second-order valence-corrected chi connectivity index (χ2v) is 10.6. The molecule has 4 rings (SSSR count). The highest BCUT2D eigenvalue weighted by Crippen LogP contribution is 2.40. The van der Waals surface area contributed by atoms with Gasteiger partial charge in [-0.05, 0) is 30.4 Å². The summed E-state index contributed by atoms with van der Waals surface area (Å²) >= 11 is 0. The maximum Gasteiger partial charge on any atom is 0.416 e. The number of hydrogen-bond acceptors (Lipinski definition) is 6. The van der Waals surface area contributed by atoms with Gasteiger partial charge in [-0.1, -0.05) is 26.0 Å². The van der Waals surface area contributed by atoms with E-state index in [1.807, 2.05) is 20.8 Å². The number of hydrogen-bond donors (Lipinski definition) is 2. The molecule has 36 heavy (non-hydrogen) atoms. The smallest absolute Gasteiger partial charge is 0.391 e. The van der Waals surface area contributed by atoms with Crippen molar-refractivity contribution >= 4 is 11.8 Å². The van der Waals surface area contributed by atoms with E-state index >= 15 is 0 Å². The molecule has 1 aliphatic heterocycles. The minimum atomic E-state index is -4.48. The minimum absolute atomic E-state index is 0.00284. The van der Waals surface area contributed by atoms with Crippen LogP contribution in [0.2, 0.25) is 0 Å². The molecule has 3 atom stereocenters. The molecule has 1 saturated heterocycles. The zero-order valence-corrected chi connectivity index (χ0v) is 20.5. The lowest BCUT2D eigenvalue weighted by molar-refractivity contribution is -0.144. The van der Waals surface area contributed by atoms with Crippen molar-refractivity contribution in [3.8, 4) is 0 Å². The van der Waals surface area contributed by atoms with Gasteiger partial charge >= 0.3 is 6.18 Å². The van der Waals surface area contributed by atoms with Crippen LogP contribution in [-0.2, 0) is 22.2 Å². The number of pyridine rings is 1. The molecule has 1 aliphatic carbocycles. The van der Waals surface area contributed by atoms with Crippen LogP contribution in [0.5, 0.6) is 0 Å². The SMILES string of the molecule is CC(C)(C)[C@@H](C(=O)N1CC(O)CC1C(=O)NCCc1cc(C(F)(F)F)ccn1)n1cc(C2CC2)nn1. The van der Waals surface area contributed by atoms with Crippen molar-refractivity contribution in [3.05, 3.63) is 41.5 Å². The van der Waals surface area contributed by atoms with Crippen LogP contribution in [0.1, 0.15) is 68.9 Å². The molecule has 2 aromatic heterocycles. The molecule has 2 aromatic rings. The predicted molar refractivity (Wildman–Crippen MR) is 123 cm³/mol. The topological polar surface area (TPSA) is 113 Å².